The lowest BCUT2D eigenvalue weighted by Crippen LogP contribution is -2.51. The molecule has 0 aliphatic carbocycles. The fraction of sp³-hybridized carbons (Fsp3) is 0.206. The summed E-state index contributed by atoms with van der Waals surface area (Å²) >= 11 is 0. The van der Waals surface area contributed by atoms with Gasteiger partial charge < -0.3 is 4.90 Å². The van der Waals surface area contributed by atoms with Crippen molar-refractivity contribution in [3.63, 3.8) is 0 Å². The third-order valence-corrected chi connectivity index (χ3v) is 7.24. The topological polar surface area (TPSA) is 20.3 Å². The van der Waals surface area contributed by atoms with Gasteiger partial charge in [-0.15, -0.1) is 0 Å². The van der Waals surface area contributed by atoms with Crippen LogP contribution in [-0.2, 0) is 24.1 Å². The van der Waals surface area contributed by atoms with Crippen LogP contribution in [0.15, 0.2) is 127 Å². The number of hydrogen-bond acceptors (Lipinski definition) is 1. The van der Waals surface area contributed by atoms with E-state index in [-0.39, 0.29) is 17.9 Å². The lowest BCUT2D eigenvalue weighted by Gasteiger charge is -2.43. The summed E-state index contributed by atoms with van der Waals surface area (Å²) in [7, 11) is 0. The van der Waals surface area contributed by atoms with Crippen LogP contribution < -0.4 is 0 Å². The number of carbonyl (C=O) groups is 1. The van der Waals surface area contributed by atoms with Gasteiger partial charge in [0, 0.05) is 18.5 Å². The molecule has 1 aliphatic rings. The predicted octanol–water partition coefficient (Wildman–Crippen LogP) is 7.02. The highest BCUT2D eigenvalue weighted by Gasteiger charge is 2.37. The van der Waals surface area contributed by atoms with E-state index in [0.29, 0.717) is 6.42 Å². The van der Waals surface area contributed by atoms with Gasteiger partial charge in [-0.25, -0.2) is 0 Å². The van der Waals surface area contributed by atoms with Gasteiger partial charge in [0.2, 0.25) is 5.91 Å². The SMILES string of the molecule is O=C(Cc1ccccc1)N1CC/C(=C/c2ccccc2)C(Cc2ccccc2)C1Cc1ccccc1. The Kier molecular flexibility index (Phi) is 7.73. The van der Waals surface area contributed by atoms with Crippen LogP contribution in [-0.4, -0.2) is 23.4 Å². The first-order valence-electron chi connectivity index (χ1n) is 12.9. The lowest BCUT2D eigenvalue weighted by molar-refractivity contribution is -0.134. The Labute approximate surface area is 214 Å². The summed E-state index contributed by atoms with van der Waals surface area (Å²) in [6, 6.07) is 42.2. The first kappa shape index (κ1) is 23.8. The van der Waals surface area contributed by atoms with Crippen LogP contribution in [0.2, 0.25) is 0 Å². The zero-order chi connectivity index (χ0) is 24.6. The molecule has 1 saturated heterocycles. The molecule has 180 valence electrons. The second-order valence-electron chi connectivity index (χ2n) is 9.68. The zero-order valence-corrected chi connectivity index (χ0v) is 20.7. The highest BCUT2D eigenvalue weighted by molar-refractivity contribution is 5.79. The van der Waals surface area contributed by atoms with Crippen molar-refractivity contribution in [1.29, 1.82) is 0 Å². The fourth-order valence-corrected chi connectivity index (χ4v) is 5.43. The summed E-state index contributed by atoms with van der Waals surface area (Å²) in [6.45, 7) is 0.757. The Bertz CT molecular complexity index is 1270. The number of benzene rings is 4. The van der Waals surface area contributed by atoms with Gasteiger partial charge >= 0.3 is 0 Å². The molecule has 0 N–H and O–H groups in total. The minimum absolute atomic E-state index is 0.104. The van der Waals surface area contributed by atoms with E-state index in [1.807, 2.05) is 18.2 Å². The molecule has 5 rings (SSSR count). The molecule has 0 bridgehead atoms. The molecule has 36 heavy (non-hydrogen) atoms. The van der Waals surface area contributed by atoms with E-state index in [2.05, 4.69) is 114 Å². The maximum absolute atomic E-state index is 13.7. The number of nitrogens with zero attached hydrogens (tertiary/aromatic N) is 1. The van der Waals surface area contributed by atoms with Gasteiger partial charge in [0.1, 0.15) is 0 Å². The maximum Gasteiger partial charge on any atom is 0.227 e. The second kappa shape index (κ2) is 11.7. The monoisotopic (exact) mass is 471 g/mol. The van der Waals surface area contributed by atoms with Crippen molar-refractivity contribution < 1.29 is 4.79 Å². The van der Waals surface area contributed by atoms with Crippen LogP contribution in [0.1, 0.15) is 28.7 Å². The third-order valence-electron chi connectivity index (χ3n) is 7.24. The number of amides is 1. The standard InChI is InChI=1S/C34H33NO/c36-34(26-30-19-11-4-12-20-30)35-22-21-31(23-27-13-5-1-6-14-27)32(24-28-15-7-2-8-16-28)33(35)25-29-17-9-3-10-18-29/h1-20,23,32-33H,21-22,24-26H2/b31-23-. The van der Waals surface area contributed by atoms with Crippen molar-refractivity contribution >= 4 is 12.0 Å². The van der Waals surface area contributed by atoms with E-state index in [0.717, 1.165) is 31.4 Å². The van der Waals surface area contributed by atoms with Crippen LogP contribution in [0.4, 0.5) is 0 Å². The quantitative estimate of drug-likeness (QED) is 0.284. The Hall–Kier alpha value is -3.91. The first-order valence-corrected chi connectivity index (χ1v) is 12.9. The van der Waals surface area contributed by atoms with Gasteiger partial charge in [0.05, 0.1) is 6.42 Å². The van der Waals surface area contributed by atoms with Crippen molar-refractivity contribution in [1.82, 2.24) is 4.90 Å². The summed E-state index contributed by atoms with van der Waals surface area (Å²) in [5.41, 5.74) is 6.34. The normalized spacial score (nSPS) is 18.8. The van der Waals surface area contributed by atoms with E-state index < -0.39 is 0 Å². The number of likely N-dealkylation sites (tertiary alicyclic amines) is 1. The molecule has 0 saturated carbocycles. The van der Waals surface area contributed by atoms with E-state index in [1.54, 1.807) is 0 Å². The third kappa shape index (κ3) is 6.01. The van der Waals surface area contributed by atoms with Crippen molar-refractivity contribution in [2.75, 3.05) is 6.54 Å². The summed E-state index contributed by atoms with van der Waals surface area (Å²) in [6.07, 6.45) is 5.49. The lowest BCUT2D eigenvalue weighted by atomic mass is 9.77. The molecule has 1 heterocycles. The molecule has 2 atom stereocenters. The molecule has 1 fully saturated rings. The van der Waals surface area contributed by atoms with E-state index >= 15 is 0 Å². The van der Waals surface area contributed by atoms with Gasteiger partial charge in [-0.3, -0.25) is 4.79 Å². The van der Waals surface area contributed by atoms with Crippen molar-refractivity contribution in [2.45, 2.75) is 31.7 Å². The minimum Gasteiger partial charge on any atom is -0.338 e. The van der Waals surface area contributed by atoms with Gasteiger partial charge in [-0.1, -0.05) is 133 Å². The second-order valence-corrected chi connectivity index (χ2v) is 9.68. The molecule has 0 spiro atoms. The number of carbonyl (C=O) groups excluding carboxylic acids is 1. The summed E-state index contributed by atoms with van der Waals surface area (Å²) in [5, 5.41) is 0. The molecule has 0 aromatic heterocycles. The highest BCUT2D eigenvalue weighted by atomic mass is 16.2. The van der Waals surface area contributed by atoms with Crippen molar-refractivity contribution in [3.8, 4) is 0 Å². The van der Waals surface area contributed by atoms with Crippen molar-refractivity contribution in [2.24, 2.45) is 5.92 Å². The van der Waals surface area contributed by atoms with Crippen LogP contribution >= 0.6 is 0 Å². The molecular formula is C34H33NO. The van der Waals surface area contributed by atoms with Crippen LogP contribution in [0.3, 0.4) is 0 Å². The number of rotatable bonds is 7. The Morgan fingerprint density at radius 3 is 1.75 bits per heavy atom. The van der Waals surface area contributed by atoms with Gasteiger partial charge in [-0.2, -0.15) is 0 Å². The average Bonchev–Trinajstić information content (AvgIpc) is 2.93. The Balaban J connectivity index is 1.52. The maximum atomic E-state index is 13.7. The van der Waals surface area contributed by atoms with Gasteiger partial charge in [0.25, 0.3) is 0 Å². The van der Waals surface area contributed by atoms with E-state index in [9.17, 15) is 4.79 Å². The minimum atomic E-state index is 0.104. The fourth-order valence-electron chi connectivity index (χ4n) is 5.43. The first-order chi connectivity index (χ1) is 17.8. The predicted molar refractivity (Wildman–Crippen MR) is 148 cm³/mol. The van der Waals surface area contributed by atoms with Crippen molar-refractivity contribution in [3.05, 3.63) is 149 Å². The van der Waals surface area contributed by atoms with Gasteiger partial charge in [-0.05, 0) is 41.5 Å². The largest absolute Gasteiger partial charge is 0.338 e. The molecular weight excluding hydrogens is 438 g/mol. The van der Waals surface area contributed by atoms with Crippen LogP contribution in [0.5, 0.6) is 0 Å². The number of piperidine rings is 1. The summed E-state index contributed by atoms with van der Waals surface area (Å²) < 4.78 is 0. The Morgan fingerprint density at radius 2 is 1.17 bits per heavy atom. The smallest absolute Gasteiger partial charge is 0.227 e. The summed E-state index contributed by atoms with van der Waals surface area (Å²) in [4.78, 5) is 15.9. The van der Waals surface area contributed by atoms with Gasteiger partial charge in [0.15, 0.2) is 0 Å². The number of hydrogen-bond donors (Lipinski definition) is 0. The molecule has 2 unspecified atom stereocenters. The van der Waals surface area contributed by atoms with E-state index in [1.165, 1.54) is 22.3 Å². The summed E-state index contributed by atoms with van der Waals surface area (Å²) in [5.74, 6) is 0.472. The molecule has 4 aromatic carbocycles. The highest BCUT2D eigenvalue weighted by Crippen LogP contribution is 2.35. The molecule has 1 aliphatic heterocycles. The molecule has 2 nitrogen and oxygen atoms in total. The molecule has 2 heteroatoms. The molecule has 1 amide bonds. The van der Waals surface area contributed by atoms with Crippen LogP contribution in [0, 0.1) is 5.92 Å². The molecule has 4 aromatic rings. The van der Waals surface area contributed by atoms with Crippen LogP contribution in [0.25, 0.3) is 6.08 Å². The Morgan fingerprint density at radius 1 is 0.667 bits per heavy atom. The van der Waals surface area contributed by atoms with E-state index in [4.69, 9.17) is 0 Å². The molecule has 0 radical (unpaired) electrons. The average molecular weight is 472 g/mol. The zero-order valence-electron chi connectivity index (χ0n) is 20.7.